The molecule has 0 spiro atoms. The zero-order valence-electron chi connectivity index (χ0n) is 20.9. The summed E-state index contributed by atoms with van der Waals surface area (Å²) in [4.78, 5) is 24.6. The third-order valence-corrected chi connectivity index (χ3v) is 8.74. The van der Waals surface area contributed by atoms with Crippen LogP contribution >= 0.6 is 19.2 Å². The van der Waals surface area contributed by atoms with E-state index in [1.807, 2.05) is 0 Å². The molecule has 4 heterocycles. The van der Waals surface area contributed by atoms with Crippen LogP contribution in [0.2, 0.25) is 5.28 Å². The van der Waals surface area contributed by atoms with E-state index in [0.717, 1.165) is 25.7 Å². The van der Waals surface area contributed by atoms with Crippen molar-refractivity contribution in [2.75, 3.05) is 25.6 Å². The number of nitrogens with one attached hydrogen (secondary N) is 2. The quantitative estimate of drug-likeness (QED) is 0.165. The number of methoxy groups -OCH3 is 1. The minimum atomic E-state index is -4.99. The predicted molar refractivity (Wildman–Crippen MR) is 134 cm³/mol. The maximum Gasteiger partial charge on any atom is 0.359 e. The molecule has 16 nitrogen and oxygen atoms in total. The van der Waals surface area contributed by atoms with Gasteiger partial charge in [0.2, 0.25) is 5.28 Å². The molecule has 1 saturated heterocycles. The monoisotopic (exact) mass is 588 g/mol. The highest BCUT2D eigenvalue weighted by Gasteiger charge is 2.52. The number of hydrogen-bond acceptors (Lipinski definition) is 12. The number of nitrogens with zero attached hydrogens (tertiary/aromatic N) is 6. The lowest BCUT2D eigenvalue weighted by atomic mass is 10.1. The first kappa shape index (κ1) is 28.3. The second kappa shape index (κ2) is 11.3. The van der Waals surface area contributed by atoms with Crippen LogP contribution in [-0.2, 0) is 25.2 Å². The molecule has 5 rings (SSSR count). The topological polar surface area (TPSA) is 222 Å². The van der Waals surface area contributed by atoms with Gasteiger partial charge in [0.25, 0.3) is 0 Å². The summed E-state index contributed by atoms with van der Waals surface area (Å²) >= 11 is 6.21. The first-order valence-electron chi connectivity index (χ1n) is 12.4. The van der Waals surface area contributed by atoms with Crippen molar-refractivity contribution in [2.45, 2.75) is 67.9 Å². The summed E-state index contributed by atoms with van der Waals surface area (Å²) in [6.07, 6.45) is -1.20. The fraction of sp³-hybridized carbons (Fsp3) is 0.667. The van der Waals surface area contributed by atoms with E-state index in [-0.39, 0.29) is 17.1 Å². The molecule has 1 aliphatic carbocycles. The Morgan fingerprint density at radius 1 is 1.28 bits per heavy atom. The lowest BCUT2D eigenvalue weighted by Gasteiger charge is -2.33. The first-order valence-corrected chi connectivity index (χ1v) is 14.3. The average Bonchev–Trinajstić information content (AvgIpc) is 3.68. The third kappa shape index (κ3) is 5.66. The number of aliphatic hydroxyl groups is 2. The number of tetrazole rings is 1. The minimum absolute atomic E-state index is 0.0131. The number of aliphatic hydroxyl groups excluding tert-OH is 2. The molecule has 3 aromatic heterocycles. The molecule has 2 aliphatic rings. The molecule has 18 heteroatoms. The highest BCUT2D eigenvalue weighted by atomic mass is 35.5. The number of aromatic nitrogens is 7. The van der Waals surface area contributed by atoms with E-state index >= 15 is 0 Å². The summed E-state index contributed by atoms with van der Waals surface area (Å²) in [6, 6.07) is 3.71. The molecule has 0 radical (unpaired) electrons. The Hall–Kier alpha value is -2.27. The summed E-state index contributed by atoms with van der Waals surface area (Å²) in [5.41, 5.74) is 1.02. The molecule has 0 unspecified atom stereocenters. The lowest BCUT2D eigenvalue weighted by Crippen LogP contribution is -2.44. The number of hydrogen-bond donors (Lipinski definition) is 6. The van der Waals surface area contributed by atoms with Crippen LogP contribution in [0.15, 0.2) is 12.1 Å². The summed E-state index contributed by atoms with van der Waals surface area (Å²) in [5, 5.41) is 40.2. The molecular formula is C21H30ClN8O8P. The average molecular weight is 589 g/mol. The van der Waals surface area contributed by atoms with E-state index in [4.69, 9.17) is 25.8 Å². The van der Waals surface area contributed by atoms with Gasteiger partial charge in [-0.05, 0) is 36.6 Å². The Morgan fingerprint density at radius 3 is 2.72 bits per heavy atom. The summed E-state index contributed by atoms with van der Waals surface area (Å²) in [5.74, 6) is 0.535. The van der Waals surface area contributed by atoms with Crippen LogP contribution in [0.3, 0.4) is 0 Å². The van der Waals surface area contributed by atoms with Crippen LogP contribution in [-0.4, -0.2) is 105 Å². The predicted octanol–water partition coefficient (Wildman–Crippen LogP) is 0.192. The van der Waals surface area contributed by atoms with Gasteiger partial charge in [0.15, 0.2) is 17.0 Å². The molecule has 0 amide bonds. The van der Waals surface area contributed by atoms with Crippen molar-refractivity contribution < 1.29 is 38.8 Å². The van der Waals surface area contributed by atoms with Crippen molar-refractivity contribution in [3.05, 3.63) is 28.9 Å². The molecule has 0 bridgehead atoms. The Labute approximate surface area is 227 Å². The second-order valence-electron chi connectivity index (χ2n) is 9.73. The van der Waals surface area contributed by atoms with Gasteiger partial charge in [-0.3, -0.25) is 4.57 Å². The van der Waals surface area contributed by atoms with Crippen LogP contribution in [0.5, 0.6) is 0 Å². The van der Waals surface area contributed by atoms with Crippen molar-refractivity contribution >= 4 is 30.5 Å². The summed E-state index contributed by atoms with van der Waals surface area (Å²) < 4.78 is 30.7. The van der Waals surface area contributed by atoms with E-state index in [0.29, 0.717) is 17.0 Å². The van der Waals surface area contributed by atoms with Crippen molar-refractivity contribution in [2.24, 2.45) is 0 Å². The highest BCUT2D eigenvalue weighted by Crippen LogP contribution is 2.53. The van der Waals surface area contributed by atoms with Gasteiger partial charge in [0.05, 0.1) is 25.3 Å². The molecule has 3 aromatic rings. The van der Waals surface area contributed by atoms with Gasteiger partial charge in [0, 0.05) is 13.2 Å². The second-order valence-corrected chi connectivity index (χ2v) is 12.0. The van der Waals surface area contributed by atoms with Crippen molar-refractivity contribution in [3.8, 4) is 0 Å². The maximum atomic E-state index is 12.5. The Morgan fingerprint density at radius 2 is 2.05 bits per heavy atom. The number of halogens is 1. The van der Waals surface area contributed by atoms with Crippen LogP contribution in [0.4, 0.5) is 5.82 Å². The first-order chi connectivity index (χ1) is 18.6. The third-order valence-electron chi connectivity index (χ3n) is 7.10. The maximum absolute atomic E-state index is 12.5. The van der Waals surface area contributed by atoms with Crippen molar-refractivity contribution in [1.82, 2.24) is 35.2 Å². The number of fused-ring (bicyclic) bond motifs is 1. The van der Waals surface area contributed by atoms with Crippen molar-refractivity contribution in [3.63, 3.8) is 0 Å². The standard InChI is InChI=1S/C21H30ClN8O8P/c1-36-10-21(39(33,34)35,8-15-25-28-29-26-15)37-9-14-16(31)17(32)18(38-14)12-6-7-13-19(23-11-4-2-3-5-11)24-20(22)27-30(12)13/h6-7,11,14,16-18,31-32H,2-5,8-10H2,1H3,(H,23,24,27)(H2,33,34,35)(H,25,26,28,29)/t14-,16-,17-,18+,21-/m1/s1. The number of rotatable bonds is 11. The van der Waals surface area contributed by atoms with Crippen LogP contribution < -0.4 is 5.32 Å². The Balaban J connectivity index is 1.37. The number of aromatic amines is 1. The van der Waals surface area contributed by atoms with E-state index in [2.05, 4.69) is 36.0 Å². The fourth-order valence-electron chi connectivity index (χ4n) is 5.09. The smallest absolute Gasteiger partial charge is 0.359 e. The zero-order valence-corrected chi connectivity index (χ0v) is 22.6. The van der Waals surface area contributed by atoms with Gasteiger partial charge in [-0.1, -0.05) is 18.1 Å². The van der Waals surface area contributed by atoms with Crippen molar-refractivity contribution in [1.29, 1.82) is 0 Å². The normalized spacial score (nSPS) is 25.9. The molecule has 1 aliphatic heterocycles. The Bertz CT molecular complexity index is 1320. The van der Waals surface area contributed by atoms with Crippen LogP contribution in [0.1, 0.15) is 43.3 Å². The van der Waals surface area contributed by atoms with Crippen LogP contribution in [0.25, 0.3) is 5.52 Å². The highest BCUT2D eigenvalue weighted by molar-refractivity contribution is 7.53. The summed E-state index contributed by atoms with van der Waals surface area (Å²) in [6.45, 7) is -1.01. The van der Waals surface area contributed by atoms with E-state index in [1.165, 1.54) is 11.6 Å². The minimum Gasteiger partial charge on any atom is -0.387 e. The Kier molecular flexibility index (Phi) is 8.20. The molecule has 1 saturated carbocycles. The van der Waals surface area contributed by atoms with Gasteiger partial charge in [-0.2, -0.15) is 10.2 Å². The molecule has 39 heavy (non-hydrogen) atoms. The largest absolute Gasteiger partial charge is 0.387 e. The number of anilines is 1. The molecular weight excluding hydrogens is 559 g/mol. The van der Waals surface area contributed by atoms with Gasteiger partial charge >= 0.3 is 7.60 Å². The molecule has 0 aromatic carbocycles. The van der Waals surface area contributed by atoms with E-state index in [1.54, 1.807) is 12.1 Å². The van der Waals surface area contributed by atoms with Gasteiger partial charge in [0.1, 0.15) is 29.9 Å². The van der Waals surface area contributed by atoms with Gasteiger partial charge < -0.3 is 39.5 Å². The van der Waals surface area contributed by atoms with E-state index < -0.39 is 57.0 Å². The lowest BCUT2D eigenvalue weighted by molar-refractivity contribution is -0.105. The fourth-order valence-corrected chi connectivity index (χ4v) is 6.14. The molecule has 5 atom stereocenters. The van der Waals surface area contributed by atoms with Gasteiger partial charge in [-0.25, -0.2) is 4.52 Å². The zero-order chi connectivity index (χ0) is 27.8. The molecule has 2 fully saturated rings. The number of ether oxygens (including phenoxy) is 3. The summed E-state index contributed by atoms with van der Waals surface area (Å²) in [7, 11) is -3.73. The van der Waals surface area contributed by atoms with Crippen LogP contribution in [0, 0.1) is 0 Å². The SMILES string of the molecule is COC[C@](Cc1nn[nH]n1)(OC[C@H]1O[C@@H](c2ccc3c(NC4CCCC4)nc(Cl)nn23)[C@H](O)[C@@H]1O)P(=O)(O)O. The molecule has 6 N–H and O–H groups in total. The number of H-pyrrole nitrogens is 1. The van der Waals surface area contributed by atoms with Gasteiger partial charge in [-0.15, -0.1) is 15.3 Å². The van der Waals surface area contributed by atoms with E-state index in [9.17, 15) is 24.6 Å². The molecule has 214 valence electrons.